The fourth-order valence-electron chi connectivity index (χ4n) is 16.8. The second-order valence-corrected chi connectivity index (χ2v) is 33.7. The molecule has 7 aromatic heterocycles. The minimum atomic E-state index is -1.24. The number of nitrogen functional groups attached to an aromatic ring is 3. The van der Waals surface area contributed by atoms with E-state index in [-0.39, 0.29) is 60.9 Å². The Bertz CT molecular complexity index is 5220. The summed E-state index contributed by atoms with van der Waals surface area (Å²) in [5.41, 5.74) is 39.7. The number of nitrogens with zero attached hydrogens (tertiary/aromatic N) is 10. The van der Waals surface area contributed by atoms with E-state index in [1.807, 2.05) is 95.3 Å². The Morgan fingerprint density at radius 2 is 0.944 bits per heavy atom. The highest BCUT2D eigenvalue weighted by Gasteiger charge is 2.48. The van der Waals surface area contributed by atoms with Crippen molar-refractivity contribution in [3.63, 3.8) is 0 Å². The summed E-state index contributed by atoms with van der Waals surface area (Å²) in [6, 6.07) is 22.6. The quantitative estimate of drug-likeness (QED) is 0.0178. The Balaban J connectivity index is 0.000000204. The number of hydrogen-bond donors (Lipinski definition) is 16. The number of hydrogen-bond acceptors (Lipinski definition) is 27. The molecule has 4 amide bonds. The number of aromatic amines is 1. The van der Waals surface area contributed by atoms with Gasteiger partial charge in [0.1, 0.15) is 59.2 Å². The first-order valence-electron chi connectivity index (χ1n) is 42.8. The van der Waals surface area contributed by atoms with Gasteiger partial charge in [0.25, 0.3) is 0 Å². The third-order valence-electron chi connectivity index (χ3n) is 24.5. The van der Waals surface area contributed by atoms with Gasteiger partial charge < -0.3 is 94.8 Å². The van der Waals surface area contributed by atoms with Gasteiger partial charge in [0.2, 0.25) is 23.6 Å². The van der Waals surface area contributed by atoms with Gasteiger partial charge in [-0.15, -0.1) is 0 Å². The summed E-state index contributed by atoms with van der Waals surface area (Å²) in [7, 11) is 0. The highest BCUT2D eigenvalue weighted by Crippen LogP contribution is 2.42. The van der Waals surface area contributed by atoms with Gasteiger partial charge in [0, 0.05) is 71.4 Å². The number of benzene rings is 2. The predicted octanol–water partition coefficient (Wildman–Crippen LogP) is 6.99. The Kier molecular flexibility index (Phi) is 33.5. The molecule has 1 aliphatic carbocycles. The summed E-state index contributed by atoms with van der Waals surface area (Å²) in [4.78, 5) is 104. The minimum Gasteiger partial charge on any atom is -0.397 e. The Morgan fingerprint density at radius 3 is 1.38 bits per heavy atom. The molecule has 3 aliphatic heterocycles. The average Bonchev–Trinajstić information content (AvgIpc) is 1.09. The number of carbonyl (C=O) groups excluding carboxylic acids is 6. The van der Waals surface area contributed by atoms with Crippen LogP contribution in [0, 0.1) is 30.1 Å². The van der Waals surface area contributed by atoms with E-state index in [4.69, 9.17) is 42.9 Å². The van der Waals surface area contributed by atoms with Crippen LogP contribution in [0.3, 0.4) is 0 Å². The number of ketones is 2. The minimum absolute atomic E-state index is 0. The number of allylic oxidation sites excluding steroid dienone is 4. The molecule has 18 atom stereocenters. The normalized spacial score (nSPS) is 22.9. The highest BCUT2D eigenvalue weighted by atomic mass is 16.6. The van der Waals surface area contributed by atoms with Crippen LogP contribution in [0.25, 0.3) is 44.7 Å². The number of aromatic nitrogens is 11. The second kappa shape index (κ2) is 43.4. The third kappa shape index (κ3) is 22.9. The van der Waals surface area contributed by atoms with E-state index in [2.05, 4.69) is 61.4 Å². The number of ether oxygens (including phenoxy) is 3. The molecule has 4 aliphatic rings. The van der Waals surface area contributed by atoms with Gasteiger partial charge in [-0.3, -0.25) is 47.6 Å². The van der Waals surface area contributed by atoms with E-state index >= 15 is 0 Å². The monoisotopic (exact) mass is 1730 g/mol. The van der Waals surface area contributed by atoms with Gasteiger partial charge >= 0.3 is 0 Å². The molecule has 3 saturated heterocycles. The molecule has 35 nitrogen and oxygen atoms in total. The number of likely N-dealkylation sites (N-methyl/N-ethyl adjacent to an activating group) is 1. The molecule has 13 rings (SSSR count). The van der Waals surface area contributed by atoms with Crippen LogP contribution in [0.1, 0.15) is 189 Å². The van der Waals surface area contributed by atoms with Crippen molar-refractivity contribution in [1.29, 1.82) is 0 Å². The summed E-state index contributed by atoms with van der Waals surface area (Å²) >= 11 is 0. The van der Waals surface area contributed by atoms with Crippen molar-refractivity contribution in [2.75, 3.05) is 30.3 Å². The SMILES string of the molecule is C.CCNC(=O)C(N)CC[C@H](CC)C[C@H]1O[C@@H](n2cnc3c(N)ccnc32)[C@@H](O)C1O.CC[C@@H](CCC(NC(=O)CC(C)(C)C1=C(C)C(=O)C(C)=C(C)C1=O)C(=O)NCCc1ccc(C)cc1)C[C@H]1O[C@@H](n2cnc3c(N)ccnc32)[C@@H](O)C1O.CC[C@@H](CC[C@H](N)C(=O)NCc1cc(-c2ccccc2)n[nH]1)C[C@H]1O[C@@H](n2cnc3c(N)ccnc32)[C@@H](O)C1O. The molecule has 5 unspecified atom stereocenters. The van der Waals surface area contributed by atoms with Crippen LogP contribution >= 0.6 is 0 Å². The van der Waals surface area contributed by atoms with Crippen molar-refractivity contribution in [3.05, 3.63) is 156 Å². The van der Waals surface area contributed by atoms with Crippen molar-refractivity contribution < 1.29 is 73.6 Å². The molecular weight excluding hydrogens is 1600 g/mol. The zero-order chi connectivity index (χ0) is 89.5. The topological polar surface area (TPSA) is 551 Å². The number of amides is 4. The Morgan fingerprint density at radius 1 is 0.520 bits per heavy atom. The number of fused-ring (bicyclic) bond motifs is 3. The zero-order valence-corrected chi connectivity index (χ0v) is 72.1. The van der Waals surface area contributed by atoms with Gasteiger partial charge in [0.15, 0.2) is 47.2 Å². The van der Waals surface area contributed by atoms with Gasteiger partial charge in [0.05, 0.1) is 84.4 Å². The summed E-state index contributed by atoms with van der Waals surface area (Å²) in [6.45, 7) is 19.6. The first-order chi connectivity index (χ1) is 59.2. The molecule has 676 valence electrons. The van der Waals surface area contributed by atoms with Gasteiger partial charge in [-0.05, 0) is 146 Å². The fraction of sp³-hybridized carbons (Fsp3) is 0.522. The Hall–Kier alpha value is -10.8. The van der Waals surface area contributed by atoms with Gasteiger partial charge in [-0.2, -0.15) is 5.10 Å². The van der Waals surface area contributed by atoms with Crippen molar-refractivity contribution in [2.45, 2.75) is 265 Å². The number of nitrogens with two attached hydrogens (primary N) is 5. The number of aryl methyl sites for hydroxylation is 1. The lowest BCUT2D eigenvalue weighted by atomic mass is 9.71. The van der Waals surface area contributed by atoms with Crippen LogP contribution < -0.4 is 49.9 Å². The first kappa shape index (κ1) is 96.4. The number of aliphatic hydroxyl groups excluding tert-OH is 6. The van der Waals surface area contributed by atoms with Crippen molar-refractivity contribution in [2.24, 2.45) is 34.6 Å². The fourth-order valence-corrected chi connectivity index (χ4v) is 16.8. The third-order valence-corrected chi connectivity index (χ3v) is 24.5. The molecule has 2 aromatic carbocycles. The number of rotatable bonds is 35. The molecule has 0 saturated carbocycles. The van der Waals surface area contributed by atoms with Crippen molar-refractivity contribution >= 4 is 85.7 Å². The van der Waals surface area contributed by atoms with Crippen LogP contribution in [0.5, 0.6) is 0 Å². The standard InChI is InChI=1S/C41H54N6O7.C28H36N8O4.C20H32N6O4.CH4/c1-8-26(19-30-36(51)37(52)40(54-30)47-21-45-33-28(42)16-18-43-38(33)47)13-14-29(39(53)44-17-15-27-11-9-22(2)10-12-27)46-31(48)20-41(6,7)32-25(5)34(49)23(3)24(4)35(32)50;1-2-16(8-9-20(30)27(39)32-14-18-13-21(35-34-18)17-6-4-3-5-7-17)12-22-24(37)25(38)28(40-22)36-15-33-23-19(29)10-11-31-26(23)36;1-3-11(5-6-13(22)19(29)23-4-2)9-14-16(27)17(28)20(30-14)26-10-25-15-12(21)7-8-24-18(15)26;/h9-12,16,18,21,26,29-30,36-37,40,51-52H,8,13-15,17,19-20H2,1-7H3,(H2,42,43)(H,44,53)(H,46,48);3-7,10-11,13,15-16,20,22,24-25,28,37-38H,2,8-9,12,14,30H2,1H3,(H2,29,31)(H,32,39)(H,34,35);7-8,10-11,13-14,16-17,20,27-28H,3-6,9,22H2,1-2H3,(H2,21,24)(H,23,29);1H4/t26-,29?,30+,36?,37-,40+;16-,20-,22+,24?,25-,28+;11-,13?,14+,16?,17-,20+;/m000./s1. The predicted molar refractivity (Wildman–Crippen MR) is 473 cm³/mol. The zero-order valence-electron chi connectivity index (χ0n) is 72.1. The maximum atomic E-state index is 13.7. The molecule has 0 spiro atoms. The van der Waals surface area contributed by atoms with E-state index in [0.29, 0.717) is 157 Å². The number of carbonyl (C=O) groups is 6. The van der Waals surface area contributed by atoms with Crippen LogP contribution in [0.15, 0.2) is 139 Å². The number of nitrogens with one attached hydrogen (secondary N) is 5. The van der Waals surface area contributed by atoms with E-state index in [9.17, 15) is 59.4 Å². The Labute approximate surface area is 727 Å². The highest BCUT2D eigenvalue weighted by molar-refractivity contribution is 6.25. The largest absolute Gasteiger partial charge is 0.397 e. The van der Waals surface area contributed by atoms with E-state index in [0.717, 1.165) is 47.3 Å². The lowest BCUT2D eigenvalue weighted by Crippen LogP contribution is -2.48. The number of H-pyrrole nitrogens is 1. The molecule has 9 aromatic rings. The molecule has 0 radical (unpaired) electrons. The van der Waals surface area contributed by atoms with E-state index < -0.39 is 103 Å². The molecule has 21 N–H and O–H groups in total. The van der Waals surface area contributed by atoms with Crippen LogP contribution in [-0.4, -0.2) is 206 Å². The van der Waals surface area contributed by atoms with Gasteiger partial charge in [-0.25, -0.2) is 29.9 Å². The molecule has 3 fully saturated rings. The van der Waals surface area contributed by atoms with Crippen LogP contribution in [0.2, 0.25) is 0 Å². The van der Waals surface area contributed by atoms with Crippen molar-refractivity contribution in [3.8, 4) is 11.3 Å². The average molecular weight is 1730 g/mol. The number of anilines is 3. The summed E-state index contributed by atoms with van der Waals surface area (Å²) in [6.07, 6.45) is 5.50. The lowest BCUT2D eigenvalue weighted by Gasteiger charge is -2.32. The van der Waals surface area contributed by atoms with Crippen molar-refractivity contribution in [1.82, 2.24) is 75.1 Å². The lowest BCUT2D eigenvalue weighted by molar-refractivity contribution is -0.130. The number of aliphatic hydroxyl groups is 6. The number of pyridine rings is 3. The van der Waals surface area contributed by atoms with Crippen LogP contribution in [-0.2, 0) is 55.9 Å². The second-order valence-electron chi connectivity index (χ2n) is 33.7. The molecule has 35 heteroatoms. The van der Waals surface area contributed by atoms with E-state index in [1.165, 1.54) is 19.0 Å². The van der Waals surface area contributed by atoms with Gasteiger partial charge in [-0.1, -0.05) is 121 Å². The maximum Gasteiger partial charge on any atom is 0.242 e. The molecule has 0 bridgehead atoms. The summed E-state index contributed by atoms with van der Waals surface area (Å²) in [5.74, 6) is -1.29. The maximum absolute atomic E-state index is 13.7. The number of Topliss-reactive ketones (excluding diaryl/α,β-unsaturated/α-hetero) is 2. The van der Waals surface area contributed by atoms with E-state index in [1.54, 1.807) is 85.1 Å². The summed E-state index contributed by atoms with van der Waals surface area (Å²) in [5, 5.41) is 83.6. The smallest absolute Gasteiger partial charge is 0.242 e. The van der Waals surface area contributed by atoms with Crippen LogP contribution in [0.4, 0.5) is 17.1 Å². The molecular formula is C90H126N20O15. The number of imidazole rings is 3. The first-order valence-corrected chi connectivity index (χ1v) is 42.8. The summed E-state index contributed by atoms with van der Waals surface area (Å²) < 4.78 is 23.1. The molecule has 10 heterocycles. The molecule has 125 heavy (non-hydrogen) atoms.